The largest absolute Gasteiger partial charge is 0.480 e. The number of amides is 1. The first-order valence-corrected chi connectivity index (χ1v) is 5.58. The van der Waals surface area contributed by atoms with Crippen LogP contribution in [-0.4, -0.2) is 48.2 Å². The summed E-state index contributed by atoms with van der Waals surface area (Å²) in [6.07, 6.45) is 1.01. The number of carboxylic acid groups (broad SMARTS) is 1. The molecule has 2 atom stereocenters. The van der Waals surface area contributed by atoms with E-state index in [2.05, 4.69) is 13.8 Å². The molecule has 1 fully saturated rings. The molecule has 16 heavy (non-hydrogen) atoms. The molecule has 1 heterocycles. The Balaban J connectivity index is 2.29. The van der Waals surface area contributed by atoms with Gasteiger partial charge in [0.25, 0.3) is 0 Å². The Bertz CT molecular complexity index is 267. The number of likely N-dealkylation sites (tertiary alicyclic amines) is 1. The average Bonchev–Trinajstić information content (AvgIpc) is 2.21. The minimum Gasteiger partial charge on any atom is -0.480 e. The van der Waals surface area contributed by atoms with Crippen LogP contribution in [-0.2, 0) is 14.3 Å². The number of hydrogen-bond acceptors (Lipinski definition) is 3. The fourth-order valence-electron chi connectivity index (χ4n) is 1.81. The Morgan fingerprint density at radius 3 is 2.56 bits per heavy atom. The molecule has 0 aromatic carbocycles. The van der Waals surface area contributed by atoms with Crippen molar-refractivity contribution < 1.29 is 19.4 Å². The average molecular weight is 229 g/mol. The summed E-state index contributed by atoms with van der Waals surface area (Å²) in [6, 6.07) is 0. The van der Waals surface area contributed by atoms with Crippen molar-refractivity contribution >= 4 is 11.9 Å². The van der Waals surface area contributed by atoms with Crippen LogP contribution in [0.2, 0.25) is 0 Å². The smallest absolute Gasteiger partial charge is 0.329 e. The highest BCUT2D eigenvalue weighted by Crippen LogP contribution is 2.22. The maximum absolute atomic E-state index is 11.6. The lowest BCUT2D eigenvalue weighted by Gasteiger charge is -2.35. The molecule has 0 aliphatic carbocycles. The second-order valence-electron chi connectivity index (χ2n) is 4.47. The van der Waals surface area contributed by atoms with Crippen LogP contribution in [0.25, 0.3) is 0 Å². The van der Waals surface area contributed by atoms with Crippen LogP contribution >= 0.6 is 0 Å². The zero-order valence-electron chi connectivity index (χ0n) is 9.81. The van der Waals surface area contributed by atoms with Gasteiger partial charge in [-0.25, -0.2) is 4.79 Å². The van der Waals surface area contributed by atoms with Crippen molar-refractivity contribution in [1.82, 2.24) is 4.90 Å². The molecule has 1 rings (SSSR count). The van der Waals surface area contributed by atoms with E-state index in [9.17, 15) is 9.59 Å². The lowest BCUT2D eigenvalue weighted by atomic mass is 9.89. The van der Waals surface area contributed by atoms with Crippen molar-refractivity contribution in [2.45, 2.75) is 20.3 Å². The molecule has 0 aromatic heterocycles. The summed E-state index contributed by atoms with van der Waals surface area (Å²) < 4.78 is 4.78. The molecule has 1 amide bonds. The zero-order valence-corrected chi connectivity index (χ0v) is 9.81. The van der Waals surface area contributed by atoms with Crippen LogP contribution in [0.4, 0.5) is 0 Å². The van der Waals surface area contributed by atoms with E-state index in [1.807, 2.05) is 0 Å². The molecule has 5 heteroatoms. The summed E-state index contributed by atoms with van der Waals surface area (Å²) >= 11 is 0. The molecular formula is C11H19NO4. The lowest BCUT2D eigenvalue weighted by Crippen LogP contribution is -2.43. The van der Waals surface area contributed by atoms with E-state index in [-0.39, 0.29) is 12.5 Å². The topological polar surface area (TPSA) is 66.8 Å². The number of piperidine rings is 1. The SMILES string of the molecule is CC1CCN(C(=O)COCC(=O)O)CC1C. The van der Waals surface area contributed by atoms with Gasteiger partial charge in [0, 0.05) is 13.1 Å². The second kappa shape index (κ2) is 5.84. The zero-order chi connectivity index (χ0) is 12.1. The molecule has 0 saturated carbocycles. The fraction of sp³-hybridized carbons (Fsp3) is 0.818. The minimum absolute atomic E-state index is 0.111. The van der Waals surface area contributed by atoms with E-state index in [1.54, 1.807) is 4.90 Å². The number of carboxylic acids is 1. The van der Waals surface area contributed by atoms with Crippen LogP contribution in [0.3, 0.4) is 0 Å². The molecule has 1 aliphatic heterocycles. The summed E-state index contributed by atoms with van der Waals surface area (Å²) in [5, 5.41) is 8.36. The summed E-state index contributed by atoms with van der Waals surface area (Å²) in [4.78, 5) is 23.6. The van der Waals surface area contributed by atoms with E-state index >= 15 is 0 Å². The molecule has 1 N–H and O–H groups in total. The van der Waals surface area contributed by atoms with Crippen molar-refractivity contribution in [3.05, 3.63) is 0 Å². The monoisotopic (exact) mass is 229 g/mol. The van der Waals surface area contributed by atoms with Crippen LogP contribution in [0.5, 0.6) is 0 Å². The number of carbonyl (C=O) groups excluding carboxylic acids is 1. The van der Waals surface area contributed by atoms with Gasteiger partial charge in [-0.05, 0) is 18.3 Å². The van der Waals surface area contributed by atoms with Crippen molar-refractivity contribution in [2.75, 3.05) is 26.3 Å². The van der Waals surface area contributed by atoms with Crippen molar-refractivity contribution in [1.29, 1.82) is 0 Å². The molecule has 1 saturated heterocycles. The summed E-state index contributed by atoms with van der Waals surface area (Å²) in [5.41, 5.74) is 0. The number of aliphatic carboxylic acids is 1. The van der Waals surface area contributed by atoms with Gasteiger partial charge >= 0.3 is 5.97 Å². The summed E-state index contributed by atoms with van der Waals surface area (Å²) in [7, 11) is 0. The molecule has 0 aromatic rings. The number of carbonyl (C=O) groups is 2. The van der Waals surface area contributed by atoms with Crippen molar-refractivity contribution in [3.8, 4) is 0 Å². The molecule has 0 bridgehead atoms. The Morgan fingerprint density at radius 2 is 2.00 bits per heavy atom. The van der Waals surface area contributed by atoms with Gasteiger partial charge in [-0.3, -0.25) is 4.79 Å². The maximum atomic E-state index is 11.6. The Hall–Kier alpha value is -1.10. The van der Waals surface area contributed by atoms with Gasteiger partial charge in [-0.15, -0.1) is 0 Å². The first-order chi connectivity index (χ1) is 7.50. The summed E-state index contributed by atoms with van der Waals surface area (Å²) in [6.45, 7) is 5.27. The van der Waals surface area contributed by atoms with Gasteiger partial charge < -0.3 is 14.7 Å². The molecule has 0 radical (unpaired) electrons. The molecule has 5 nitrogen and oxygen atoms in total. The van der Waals surface area contributed by atoms with Crippen LogP contribution in [0.1, 0.15) is 20.3 Å². The minimum atomic E-state index is -1.05. The highest BCUT2D eigenvalue weighted by atomic mass is 16.5. The molecule has 1 aliphatic rings. The Labute approximate surface area is 95.4 Å². The van der Waals surface area contributed by atoms with Gasteiger partial charge in [-0.2, -0.15) is 0 Å². The molecule has 92 valence electrons. The number of nitrogens with zero attached hydrogens (tertiary/aromatic N) is 1. The van der Waals surface area contributed by atoms with Crippen LogP contribution < -0.4 is 0 Å². The quantitative estimate of drug-likeness (QED) is 0.766. The summed E-state index contributed by atoms with van der Waals surface area (Å²) in [5.74, 6) is -0.0189. The van der Waals surface area contributed by atoms with Crippen LogP contribution in [0, 0.1) is 11.8 Å². The fourth-order valence-corrected chi connectivity index (χ4v) is 1.81. The normalized spacial score (nSPS) is 25.5. The lowest BCUT2D eigenvalue weighted by molar-refractivity contribution is -0.146. The Kier molecular flexibility index (Phi) is 4.73. The standard InChI is InChI=1S/C11H19NO4/c1-8-3-4-12(5-9(8)2)10(13)6-16-7-11(14)15/h8-9H,3-7H2,1-2H3,(H,14,15). The van der Waals surface area contributed by atoms with Gasteiger partial charge in [0.15, 0.2) is 0 Å². The van der Waals surface area contributed by atoms with E-state index in [0.717, 1.165) is 19.5 Å². The third kappa shape index (κ3) is 3.81. The highest BCUT2D eigenvalue weighted by molar-refractivity contribution is 5.78. The van der Waals surface area contributed by atoms with Gasteiger partial charge in [0.1, 0.15) is 13.2 Å². The van der Waals surface area contributed by atoms with Gasteiger partial charge in [0.05, 0.1) is 0 Å². The predicted octanol–water partition coefficient (Wildman–Crippen LogP) is 0.592. The first kappa shape index (κ1) is 13.0. The molecular weight excluding hydrogens is 210 g/mol. The molecule has 0 spiro atoms. The van der Waals surface area contributed by atoms with Gasteiger partial charge in [0.2, 0.25) is 5.91 Å². The third-order valence-electron chi connectivity index (χ3n) is 3.14. The van der Waals surface area contributed by atoms with Crippen molar-refractivity contribution in [2.24, 2.45) is 11.8 Å². The molecule has 2 unspecified atom stereocenters. The van der Waals surface area contributed by atoms with E-state index in [1.165, 1.54) is 0 Å². The number of ether oxygens (including phenoxy) is 1. The van der Waals surface area contributed by atoms with Gasteiger partial charge in [-0.1, -0.05) is 13.8 Å². The Morgan fingerprint density at radius 1 is 1.31 bits per heavy atom. The highest BCUT2D eigenvalue weighted by Gasteiger charge is 2.25. The number of hydrogen-bond donors (Lipinski definition) is 1. The third-order valence-corrected chi connectivity index (χ3v) is 3.14. The second-order valence-corrected chi connectivity index (χ2v) is 4.47. The van der Waals surface area contributed by atoms with E-state index in [0.29, 0.717) is 11.8 Å². The van der Waals surface area contributed by atoms with E-state index in [4.69, 9.17) is 9.84 Å². The predicted molar refractivity (Wildman–Crippen MR) is 58.0 cm³/mol. The van der Waals surface area contributed by atoms with Crippen LogP contribution in [0.15, 0.2) is 0 Å². The maximum Gasteiger partial charge on any atom is 0.329 e. The van der Waals surface area contributed by atoms with E-state index < -0.39 is 12.6 Å². The number of rotatable bonds is 4. The first-order valence-electron chi connectivity index (χ1n) is 5.58. The van der Waals surface area contributed by atoms with Crippen molar-refractivity contribution in [3.63, 3.8) is 0 Å².